The first kappa shape index (κ1) is 20.7. The van der Waals surface area contributed by atoms with E-state index in [0.29, 0.717) is 22.4 Å². The number of aryl methyl sites for hydroxylation is 1. The number of hydrogen-bond acceptors (Lipinski definition) is 5. The molecule has 0 amide bonds. The van der Waals surface area contributed by atoms with Gasteiger partial charge in [-0.3, -0.25) is 4.98 Å². The summed E-state index contributed by atoms with van der Waals surface area (Å²) in [4.78, 5) is 16.7. The number of benzene rings is 1. The highest BCUT2D eigenvalue weighted by Gasteiger charge is 2.31. The van der Waals surface area contributed by atoms with Gasteiger partial charge in [-0.1, -0.05) is 18.9 Å². The summed E-state index contributed by atoms with van der Waals surface area (Å²) >= 11 is 0. The molecule has 0 unspecified atom stereocenters. The Hall–Kier alpha value is -3.20. The van der Waals surface area contributed by atoms with E-state index >= 15 is 0 Å². The number of nitrogens with zero attached hydrogens (tertiary/aromatic N) is 3. The minimum Gasteiger partial charge on any atom is -0.361 e. The summed E-state index contributed by atoms with van der Waals surface area (Å²) in [5, 5.41) is 4.84. The van der Waals surface area contributed by atoms with Crippen LogP contribution in [0.5, 0.6) is 0 Å². The van der Waals surface area contributed by atoms with E-state index < -0.39 is 11.7 Å². The standard InChI is InChI=1S/C23H23F3N6/c1-12-15-9-30-22(31-19-5-3-2-4-18(19)27)32-21(15)17(11-28-12)16-10-29-20-8-13(23(24,25)26)6-7-14(16)20/h6-11,18-19,29H,2-5,27H2,1H3,(H,30,31,32)/t18-,19+/m1/s1. The van der Waals surface area contributed by atoms with Crippen molar-refractivity contribution < 1.29 is 13.2 Å². The van der Waals surface area contributed by atoms with Gasteiger partial charge in [-0.25, -0.2) is 9.97 Å². The zero-order chi connectivity index (χ0) is 22.5. The van der Waals surface area contributed by atoms with Crippen LogP contribution in [0.1, 0.15) is 36.9 Å². The number of halogens is 3. The Morgan fingerprint density at radius 3 is 2.66 bits per heavy atom. The lowest BCUT2D eigenvalue weighted by atomic mass is 9.91. The summed E-state index contributed by atoms with van der Waals surface area (Å²) in [6.45, 7) is 1.88. The maximum Gasteiger partial charge on any atom is 0.416 e. The molecule has 9 heteroatoms. The van der Waals surface area contributed by atoms with Gasteiger partial charge in [-0.15, -0.1) is 0 Å². The molecule has 3 aromatic heterocycles. The van der Waals surface area contributed by atoms with E-state index in [1.165, 1.54) is 6.07 Å². The van der Waals surface area contributed by atoms with Crippen molar-refractivity contribution in [1.82, 2.24) is 19.9 Å². The lowest BCUT2D eigenvalue weighted by molar-refractivity contribution is -0.137. The Bertz CT molecular complexity index is 1300. The topological polar surface area (TPSA) is 92.5 Å². The molecule has 1 aromatic carbocycles. The van der Waals surface area contributed by atoms with Crippen molar-refractivity contribution in [2.75, 3.05) is 5.32 Å². The fourth-order valence-electron chi connectivity index (χ4n) is 4.44. The Kier molecular flexibility index (Phi) is 5.00. The summed E-state index contributed by atoms with van der Waals surface area (Å²) in [6.07, 6.45) is 4.92. The second-order valence-electron chi connectivity index (χ2n) is 8.37. The Balaban J connectivity index is 1.60. The number of alkyl halides is 3. The summed E-state index contributed by atoms with van der Waals surface area (Å²) in [6, 6.07) is 3.86. The highest BCUT2D eigenvalue weighted by Crippen LogP contribution is 2.37. The van der Waals surface area contributed by atoms with Crippen LogP contribution in [0.3, 0.4) is 0 Å². The molecular weight excluding hydrogens is 417 g/mol. The first-order valence-corrected chi connectivity index (χ1v) is 10.6. The smallest absolute Gasteiger partial charge is 0.361 e. The Labute approximate surface area is 182 Å². The molecule has 2 atom stereocenters. The van der Waals surface area contributed by atoms with Gasteiger partial charge in [0.25, 0.3) is 0 Å². The quantitative estimate of drug-likeness (QED) is 0.408. The normalized spacial score (nSPS) is 19.5. The monoisotopic (exact) mass is 440 g/mol. The van der Waals surface area contributed by atoms with Gasteiger partial charge in [0.2, 0.25) is 5.95 Å². The van der Waals surface area contributed by atoms with Crippen molar-refractivity contribution in [3.8, 4) is 11.1 Å². The largest absolute Gasteiger partial charge is 0.416 e. The summed E-state index contributed by atoms with van der Waals surface area (Å²) in [7, 11) is 0. The molecule has 32 heavy (non-hydrogen) atoms. The number of rotatable bonds is 3. The van der Waals surface area contributed by atoms with Crippen molar-refractivity contribution in [1.29, 1.82) is 0 Å². The number of hydrogen-bond donors (Lipinski definition) is 3. The number of nitrogens with two attached hydrogens (primary N) is 1. The first-order chi connectivity index (χ1) is 15.3. The maximum atomic E-state index is 13.1. The predicted molar refractivity (Wildman–Crippen MR) is 118 cm³/mol. The van der Waals surface area contributed by atoms with Gasteiger partial charge in [-0.2, -0.15) is 13.2 Å². The van der Waals surface area contributed by atoms with Gasteiger partial charge in [0.05, 0.1) is 11.1 Å². The van der Waals surface area contributed by atoms with Crippen molar-refractivity contribution in [2.45, 2.75) is 50.9 Å². The first-order valence-electron chi connectivity index (χ1n) is 10.6. The zero-order valence-corrected chi connectivity index (χ0v) is 17.5. The van der Waals surface area contributed by atoms with Gasteiger partial charge in [-0.05, 0) is 31.9 Å². The lowest BCUT2D eigenvalue weighted by Gasteiger charge is -2.29. The number of H-pyrrole nitrogens is 1. The molecule has 3 heterocycles. The highest BCUT2D eigenvalue weighted by atomic mass is 19.4. The molecule has 5 rings (SSSR count). The average molecular weight is 440 g/mol. The Morgan fingerprint density at radius 1 is 1.06 bits per heavy atom. The predicted octanol–water partition coefficient (Wildman–Crippen LogP) is 5.18. The van der Waals surface area contributed by atoms with Crippen molar-refractivity contribution >= 4 is 27.8 Å². The molecule has 0 bridgehead atoms. The van der Waals surface area contributed by atoms with Gasteiger partial charge in [0.15, 0.2) is 0 Å². The molecular formula is C23H23F3N6. The molecule has 0 aliphatic heterocycles. The molecule has 1 aliphatic rings. The van der Waals surface area contributed by atoms with Crippen LogP contribution in [-0.2, 0) is 6.18 Å². The van der Waals surface area contributed by atoms with E-state index in [9.17, 15) is 13.2 Å². The number of nitrogens with one attached hydrogen (secondary N) is 2. The molecule has 1 saturated carbocycles. The lowest BCUT2D eigenvalue weighted by Crippen LogP contribution is -2.42. The van der Waals surface area contributed by atoms with Gasteiger partial charge in [0.1, 0.15) is 0 Å². The van der Waals surface area contributed by atoms with Crippen LogP contribution in [0, 0.1) is 6.92 Å². The van der Waals surface area contributed by atoms with Crippen molar-refractivity contribution in [3.63, 3.8) is 0 Å². The van der Waals surface area contributed by atoms with E-state index in [0.717, 1.165) is 60.0 Å². The molecule has 4 N–H and O–H groups in total. The fraction of sp³-hybridized carbons (Fsp3) is 0.348. The van der Waals surface area contributed by atoms with Crippen LogP contribution in [0.4, 0.5) is 19.1 Å². The summed E-state index contributed by atoms with van der Waals surface area (Å²) in [5.74, 6) is 0.492. The van der Waals surface area contributed by atoms with Crippen LogP contribution in [0.15, 0.2) is 36.8 Å². The van der Waals surface area contributed by atoms with Crippen LogP contribution in [0.2, 0.25) is 0 Å². The minimum atomic E-state index is -4.40. The third kappa shape index (κ3) is 3.66. The fourth-order valence-corrected chi connectivity index (χ4v) is 4.44. The molecule has 4 aromatic rings. The second-order valence-corrected chi connectivity index (χ2v) is 8.37. The molecule has 6 nitrogen and oxygen atoms in total. The van der Waals surface area contributed by atoms with Crippen LogP contribution in [-0.4, -0.2) is 32.0 Å². The summed E-state index contributed by atoms with van der Waals surface area (Å²) < 4.78 is 39.3. The van der Waals surface area contributed by atoms with Gasteiger partial charge < -0.3 is 16.0 Å². The molecule has 1 fully saturated rings. The molecule has 1 aliphatic carbocycles. The SMILES string of the molecule is Cc1ncc(-c2c[nH]c3cc(C(F)(F)F)ccc23)c2nc(N[C@H]3CCCC[C@H]3N)ncc12. The third-order valence-corrected chi connectivity index (χ3v) is 6.25. The van der Waals surface area contributed by atoms with Crippen LogP contribution >= 0.6 is 0 Å². The zero-order valence-electron chi connectivity index (χ0n) is 17.5. The number of pyridine rings is 1. The highest BCUT2D eigenvalue weighted by molar-refractivity contribution is 6.03. The van der Waals surface area contributed by atoms with Crippen LogP contribution < -0.4 is 11.1 Å². The molecule has 0 radical (unpaired) electrons. The third-order valence-electron chi connectivity index (χ3n) is 6.25. The van der Waals surface area contributed by atoms with Gasteiger partial charge >= 0.3 is 6.18 Å². The van der Waals surface area contributed by atoms with E-state index in [1.807, 2.05) is 6.92 Å². The number of anilines is 1. The summed E-state index contributed by atoms with van der Waals surface area (Å²) in [5.41, 5.74) is 8.93. The molecule has 166 valence electrons. The van der Waals surface area contributed by atoms with E-state index in [4.69, 9.17) is 10.7 Å². The van der Waals surface area contributed by atoms with E-state index in [-0.39, 0.29) is 12.1 Å². The minimum absolute atomic E-state index is 0.0538. The van der Waals surface area contributed by atoms with E-state index in [1.54, 1.807) is 18.6 Å². The molecule has 0 spiro atoms. The molecule has 0 saturated heterocycles. The maximum absolute atomic E-state index is 13.1. The number of aromatic nitrogens is 4. The van der Waals surface area contributed by atoms with Gasteiger partial charge in [0, 0.05) is 63.8 Å². The van der Waals surface area contributed by atoms with Crippen LogP contribution in [0.25, 0.3) is 32.9 Å². The second kappa shape index (κ2) is 7.74. The Morgan fingerprint density at radius 2 is 1.88 bits per heavy atom. The number of aromatic amines is 1. The van der Waals surface area contributed by atoms with Crippen molar-refractivity contribution in [2.24, 2.45) is 5.73 Å². The van der Waals surface area contributed by atoms with Crippen molar-refractivity contribution in [3.05, 3.63) is 48.0 Å². The average Bonchev–Trinajstić information content (AvgIpc) is 3.18. The number of fused-ring (bicyclic) bond motifs is 2. The van der Waals surface area contributed by atoms with E-state index in [2.05, 4.69) is 20.3 Å².